The lowest BCUT2D eigenvalue weighted by Crippen LogP contribution is -2.50. The monoisotopic (exact) mass is 315 g/mol. The maximum atomic E-state index is 12.4. The highest BCUT2D eigenvalue weighted by Crippen LogP contribution is 2.30. The second kappa shape index (κ2) is 6.13. The normalized spacial score (nSPS) is 33.3. The molecule has 1 N–H and O–H groups in total. The number of amides is 2. The summed E-state index contributed by atoms with van der Waals surface area (Å²) in [6.07, 6.45) is 1.26. The van der Waals surface area contributed by atoms with Gasteiger partial charge in [0.2, 0.25) is 0 Å². The van der Waals surface area contributed by atoms with Crippen LogP contribution in [0.4, 0.5) is 4.79 Å². The fourth-order valence-corrected chi connectivity index (χ4v) is 3.71. The zero-order valence-electron chi connectivity index (χ0n) is 13.6. The molecule has 2 amide bonds. The van der Waals surface area contributed by atoms with Gasteiger partial charge in [0, 0.05) is 25.7 Å². The molecule has 4 unspecified atom stereocenters. The highest BCUT2D eigenvalue weighted by Gasteiger charge is 2.43. The van der Waals surface area contributed by atoms with E-state index in [2.05, 4.69) is 41.4 Å². The standard InChI is InChI=1S/C18H25N3O2/c1-13-9-15(13)19-18(22)21-11-16-17(12-21)23-8-7-20(16)10-14-5-3-2-4-6-14/h2-6,13,15-17H,7-12H2,1H3,(H,19,22). The third-order valence-corrected chi connectivity index (χ3v) is 5.35. The molecule has 23 heavy (non-hydrogen) atoms. The molecule has 0 spiro atoms. The molecule has 0 bridgehead atoms. The van der Waals surface area contributed by atoms with Gasteiger partial charge >= 0.3 is 6.03 Å². The van der Waals surface area contributed by atoms with E-state index in [4.69, 9.17) is 4.74 Å². The smallest absolute Gasteiger partial charge is 0.317 e. The molecule has 1 aromatic carbocycles. The molecule has 5 heteroatoms. The van der Waals surface area contributed by atoms with Gasteiger partial charge in [-0.1, -0.05) is 37.3 Å². The van der Waals surface area contributed by atoms with Crippen molar-refractivity contribution in [3.63, 3.8) is 0 Å². The minimum Gasteiger partial charge on any atom is -0.373 e. The number of benzene rings is 1. The highest BCUT2D eigenvalue weighted by atomic mass is 16.5. The molecule has 4 atom stereocenters. The summed E-state index contributed by atoms with van der Waals surface area (Å²) in [7, 11) is 0. The lowest BCUT2D eigenvalue weighted by atomic mass is 10.1. The third kappa shape index (κ3) is 3.21. The Morgan fingerprint density at radius 3 is 2.83 bits per heavy atom. The summed E-state index contributed by atoms with van der Waals surface area (Å²) < 4.78 is 5.93. The lowest BCUT2D eigenvalue weighted by molar-refractivity contribution is -0.0503. The van der Waals surface area contributed by atoms with E-state index in [-0.39, 0.29) is 12.1 Å². The summed E-state index contributed by atoms with van der Waals surface area (Å²) in [5, 5.41) is 3.13. The van der Waals surface area contributed by atoms with Crippen molar-refractivity contribution in [2.75, 3.05) is 26.2 Å². The average Bonchev–Trinajstić information content (AvgIpc) is 3.08. The molecular formula is C18H25N3O2. The molecule has 5 nitrogen and oxygen atoms in total. The molecule has 2 aliphatic heterocycles. The van der Waals surface area contributed by atoms with Gasteiger partial charge in [0.25, 0.3) is 0 Å². The summed E-state index contributed by atoms with van der Waals surface area (Å²) >= 11 is 0. The van der Waals surface area contributed by atoms with Gasteiger partial charge in [-0.3, -0.25) is 4.90 Å². The third-order valence-electron chi connectivity index (χ3n) is 5.35. The Bertz CT molecular complexity index is 565. The Balaban J connectivity index is 1.39. The molecule has 1 aliphatic carbocycles. The summed E-state index contributed by atoms with van der Waals surface area (Å²) in [6.45, 7) is 6.28. The molecule has 2 saturated heterocycles. The van der Waals surface area contributed by atoms with Gasteiger partial charge in [-0.15, -0.1) is 0 Å². The number of hydrogen-bond donors (Lipinski definition) is 1. The van der Waals surface area contributed by atoms with Crippen LogP contribution in [0.25, 0.3) is 0 Å². The molecule has 1 saturated carbocycles. The maximum absolute atomic E-state index is 12.4. The topological polar surface area (TPSA) is 44.8 Å². The Hall–Kier alpha value is -1.59. The Morgan fingerprint density at radius 2 is 2.09 bits per heavy atom. The summed E-state index contributed by atoms with van der Waals surface area (Å²) in [5.41, 5.74) is 1.32. The van der Waals surface area contributed by atoms with Crippen LogP contribution in [0, 0.1) is 5.92 Å². The van der Waals surface area contributed by atoms with Crippen LogP contribution in [0.3, 0.4) is 0 Å². The van der Waals surface area contributed by atoms with Crippen LogP contribution in [0.2, 0.25) is 0 Å². The number of carbonyl (C=O) groups excluding carboxylic acids is 1. The van der Waals surface area contributed by atoms with Crippen LogP contribution >= 0.6 is 0 Å². The van der Waals surface area contributed by atoms with Crippen molar-refractivity contribution >= 4 is 6.03 Å². The van der Waals surface area contributed by atoms with Gasteiger partial charge in [0.1, 0.15) is 0 Å². The van der Waals surface area contributed by atoms with Gasteiger partial charge in [-0.25, -0.2) is 4.79 Å². The minimum atomic E-state index is 0.0806. The Labute approximate surface area is 137 Å². The van der Waals surface area contributed by atoms with Crippen LogP contribution in [-0.4, -0.2) is 60.3 Å². The second-order valence-corrected chi connectivity index (χ2v) is 7.11. The van der Waals surface area contributed by atoms with Gasteiger partial charge in [0.05, 0.1) is 25.3 Å². The fourth-order valence-electron chi connectivity index (χ4n) is 3.71. The number of rotatable bonds is 3. The summed E-state index contributed by atoms with van der Waals surface area (Å²) in [4.78, 5) is 16.8. The largest absolute Gasteiger partial charge is 0.373 e. The van der Waals surface area contributed by atoms with Gasteiger partial charge < -0.3 is 15.0 Å². The van der Waals surface area contributed by atoms with Crippen molar-refractivity contribution in [3.8, 4) is 0 Å². The molecule has 4 rings (SSSR count). The van der Waals surface area contributed by atoms with Gasteiger partial charge in [-0.05, 0) is 17.9 Å². The fraction of sp³-hybridized carbons (Fsp3) is 0.611. The number of nitrogens with zero attached hydrogens (tertiary/aromatic N) is 2. The first-order valence-electron chi connectivity index (χ1n) is 8.66. The number of urea groups is 1. The average molecular weight is 315 g/mol. The van der Waals surface area contributed by atoms with Crippen molar-refractivity contribution in [2.45, 2.75) is 38.1 Å². The van der Waals surface area contributed by atoms with Gasteiger partial charge in [-0.2, -0.15) is 0 Å². The quantitative estimate of drug-likeness (QED) is 0.923. The number of hydrogen-bond acceptors (Lipinski definition) is 3. The molecule has 1 aromatic rings. The number of likely N-dealkylation sites (tertiary alicyclic amines) is 1. The van der Waals surface area contributed by atoms with Crippen LogP contribution in [0.1, 0.15) is 18.9 Å². The first kappa shape index (κ1) is 15.0. The van der Waals surface area contributed by atoms with E-state index in [0.29, 0.717) is 24.5 Å². The van der Waals surface area contributed by atoms with E-state index in [1.165, 1.54) is 5.56 Å². The number of ether oxygens (including phenoxy) is 1. The van der Waals surface area contributed by atoms with E-state index < -0.39 is 0 Å². The van der Waals surface area contributed by atoms with Crippen molar-refractivity contribution in [2.24, 2.45) is 5.92 Å². The van der Waals surface area contributed by atoms with Crippen molar-refractivity contribution in [3.05, 3.63) is 35.9 Å². The van der Waals surface area contributed by atoms with Crippen LogP contribution < -0.4 is 5.32 Å². The number of morpholine rings is 1. The van der Waals surface area contributed by atoms with Crippen molar-refractivity contribution in [1.82, 2.24) is 15.1 Å². The number of fused-ring (bicyclic) bond motifs is 1. The molecule has 2 heterocycles. The van der Waals surface area contributed by atoms with E-state index in [9.17, 15) is 4.79 Å². The molecule has 124 valence electrons. The second-order valence-electron chi connectivity index (χ2n) is 7.11. The zero-order valence-corrected chi connectivity index (χ0v) is 13.6. The summed E-state index contributed by atoms with van der Waals surface area (Å²) in [5.74, 6) is 0.634. The predicted molar refractivity (Wildman–Crippen MR) is 88.1 cm³/mol. The lowest BCUT2D eigenvalue weighted by Gasteiger charge is -2.36. The Morgan fingerprint density at radius 1 is 1.30 bits per heavy atom. The van der Waals surface area contributed by atoms with E-state index in [1.54, 1.807) is 0 Å². The predicted octanol–water partition coefficient (Wildman–Crippen LogP) is 1.69. The van der Waals surface area contributed by atoms with Crippen LogP contribution in [0.5, 0.6) is 0 Å². The van der Waals surface area contributed by atoms with Crippen molar-refractivity contribution in [1.29, 1.82) is 0 Å². The van der Waals surface area contributed by atoms with E-state index in [0.717, 1.165) is 32.7 Å². The number of nitrogens with one attached hydrogen (secondary N) is 1. The van der Waals surface area contributed by atoms with E-state index >= 15 is 0 Å². The van der Waals surface area contributed by atoms with E-state index in [1.807, 2.05) is 11.0 Å². The SMILES string of the molecule is CC1CC1NC(=O)N1CC2OCCN(Cc3ccccc3)C2C1. The van der Waals surface area contributed by atoms with Crippen molar-refractivity contribution < 1.29 is 9.53 Å². The van der Waals surface area contributed by atoms with Crippen LogP contribution in [0.15, 0.2) is 30.3 Å². The molecule has 3 fully saturated rings. The first-order valence-corrected chi connectivity index (χ1v) is 8.66. The van der Waals surface area contributed by atoms with Gasteiger partial charge in [0.15, 0.2) is 0 Å². The molecule has 0 aromatic heterocycles. The Kier molecular flexibility index (Phi) is 3.99. The zero-order chi connectivity index (χ0) is 15.8. The summed E-state index contributed by atoms with van der Waals surface area (Å²) in [6, 6.07) is 11.3. The maximum Gasteiger partial charge on any atom is 0.317 e. The molecular weight excluding hydrogens is 290 g/mol. The molecule has 0 radical (unpaired) electrons. The minimum absolute atomic E-state index is 0.0806. The van der Waals surface area contributed by atoms with Crippen LogP contribution in [-0.2, 0) is 11.3 Å². The highest BCUT2D eigenvalue weighted by molar-refractivity contribution is 5.75. The first-order chi connectivity index (χ1) is 11.2. The number of carbonyl (C=O) groups is 1. The molecule has 3 aliphatic rings.